The van der Waals surface area contributed by atoms with Gasteiger partial charge in [-0.05, 0) is 44.5 Å². The van der Waals surface area contributed by atoms with E-state index in [2.05, 4.69) is 31.4 Å². The van der Waals surface area contributed by atoms with Gasteiger partial charge < -0.3 is 10.6 Å². The first-order chi connectivity index (χ1) is 9.63. The molecule has 1 rings (SSSR count). The lowest BCUT2D eigenvalue weighted by Gasteiger charge is -2.10. The Labute approximate surface area is 124 Å². The van der Waals surface area contributed by atoms with Crippen LogP contribution in [0.2, 0.25) is 0 Å². The van der Waals surface area contributed by atoms with E-state index in [-0.39, 0.29) is 5.91 Å². The summed E-state index contributed by atoms with van der Waals surface area (Å²) in [6.07, 6.45) is 3.39. The monoisotopic (exact) mass is 278 g/mol. The molecule has 0 aliphatic carbocycles. The van der Waals surface area contributed by atoms with E-state index in [0.717, 1.165) is 30.6 Å². The molecule has 0 saturated heterocycles. The van der Waals surface area contributed by atoms with Crippen LogP contribution in [0.1, 0.15) is 64.2 Å². The van der Waals surface area contributed by atoms with Gasteiger partial charge in [0.1, 0.15) is 0 Å². The number of rotatable bonds is 7. The average molecular weight is 278 g/mol. The lowest BCUT2D eigenvalue weighted by Crippen LogP contribution is -2.24. The summed E-state index contributed by atoms with van der Waals surface area (Å²) in [6, 6.07) is 8.01. The number of unbranched alkanes of at least 4 members (excludes halogenated alkanes) is 2. The third-order valence-electron chi connectivity index (χ3n) is 2.67. The molecule has 0 radical (unpaired) electrons. The Hall–Kier alpha value is -1.51. The second kappa shape index (κ2) is 11.3. The summed E-state index contributed by atoms with van der Waals surface area (Å²) in [5, 5.41) is 6.23. The Bertz CT molecular complexity index is 358. The highest BCUT2D eigenvalue weighted by atomic mass is 16.1. The van der Waals surface area contributed by atoms with E-state index in [9.17, 15) is 4.79 Å². The zero-order valence-corrected chi connectivity index (χ0v) is 13.6. The van der Waals surface area contributed by atoms with Gasteiger partial charge in [0.2, 0.25) is 0 Å². The Kier molecular flexibility index (Phi) is 10.5. The molecule has 0 saturated carbocycles. The normalized spacial score (nSPS) is 9.70. The molecule has 0 heterocycles. The van der Waals surface area contributed by atoms with Crippen molar-refractivity contribution in [3.05, 3.63) is 29.8 Å². The van der Waals surface area contributed by atoms with Crippen LogP contribution in [0.15, 0.2) is 24.3 Å². The summed E-state index contributed by atoms with van der Waals surface area (Å²) in [4.78, 5) is 11.8. The third-order valence-corrected chi connectivity index (χ3v) is 2.67. The van der Waals surface area contributed by atoms with Crippen LogP contribution in [0.3, 0.4) is 0 Å². The van der Waals surface area contributed by atoms with E-state index in [0.29, 0.717) is 6.04 Å². The number of benzene rings is 1. The molecule has 114 valence electrons. The van der Waals surface area contributed by atoms with Crippen LogP contribution in [0.4, 0.5) is 5.69 Å². The van der Waals surface area contributed by atoms with Crippen molar-refractivity contribution in [2.24, 2.45) is 0 Å². The minimum atomic E-state index is 0.0159. The SMILES string of the molecule is CC.CCCCCNC(=O)c1ccc(NC(C)C)cc1. The van der Waals surface area contributed by atoms with Crippen molar-refractivity contribution < 1.29 is 4.79 Å². The van der Waals surface area contributed by atoms with Crippen LogP contribution >= 0.6 is 0 Å². The largest absolute Gasteiger partial charge is 0.383 e. The van der Waals surface area contributed by atoms with Gasteiger partial charge in [-0.25, -0.2) is 0 Å². The van der Waals surface area contributed by atoms with E-state index in [4.69, 9.17) is 0 Å². The summed E-state index contributed by atoms with van der Waals surface area (Å²) >= 11 is 0. The number of carbonyl (C=O) groups is 1. The van der Waals surface area contributed by atoms with Crippen molar-refractivity contribution in [2.45, 2.75) is 59.9 Å². The highest BCUT2D eigenvalue weighted by molar-refractivity contribution is 5.94. The lowest BCUT2D eigenvalue weighted by atomic mass is 10.2. The fraction of sp³-hybridized carbons (Fsp3) is 0.588. The van der Waals surface area contributed by atoms with Crippen LogP contribution in [0.25, 0.3) is 0 Å². The molecule has 20 heavy (non-hydrogen) atoms. The van der Waals surface area contributed by atoms with Crippen molar-refractivity contribution in [3.63, 3.8) is 0 Å². The van der Waals surface area contributed by atoms with Gasteiger partial charge in [0.15, 0.2) is 0 Å². The van der Waals surface area contributed by atoms with Gasteiger partial charge in [-0.2, -0.15) is 0 Å². The zero-order valence-electron chi connectivity index (χ0n) is 13.6. The quantitative estimate of drug-likeness (QED) is 0.723. The summed E-state index contributed by atoms with van der Waals surface area (Å²) in [5.74, 6) is 0.0159. The highest BCUT2D eigenvalue weighted by Gasteiger charge is 2.04. The zero-order chi connectivity index (χ0) is 15.4. The van der Waals surface area contributed by atoms with Gasteiger partial charge in [-0.3, -0.25) is 4.79 Å². The Morgan fingerprint density at radius 1 is 1.10 bits per heavy atom. The molecule has 3 nitrogen and oxygen atoms in total. The van der Waals surface area contributed by atoms with Crippen LogP contribution in [-0.4, -0.2) is 18.5 Å². The van der Waals surface area contributed by atoms with Gasteiger partial charge in [-0.15, -0.1) is 0 Å². The van der Waals surface area contributed by atoms with Gasteiger partial charge in [0.05, 0.1) is 0 Å². The first kappa shape index (κ1) is 18.5. The molecule has 2 N–H and O–H groups in total. The molecule has 0 bridgehead atoms. The van der Waals surface area contributed by atoms with Gasteiger partial charge in [0, 0.05) is 23.8 Å². The van der Waals surface area contributed by atoms with Crippen LogP contribution in [-0.2, 0) is 0 Å². The number of anilines is 1. The fourth-order valence-corrected chi connectivity index (χ4v) is 1.73. The lowest BCUT2D eigenvalue weighted by molar-refractivity contribution is 0.0953. The second-order valence-electron chi connectivity index (χ2n) is 4.84. The van der Waals surface area contributed by atoms with E-state index < -0.39 is 0 Å². The molecular weight excluding hydrogens is 248 g/mol. The maximum absolute atomic E-state index is 11.8. The summed E-state index contributed by atoms with van der Waals surface area (Å²) < 4.78 is 0. The number of hydrogen-bond donors (Lipinski definition) is 2. The van der Waals surface area contributed by atoms with Crippen LogP contribution < -0.4 is 10.6 Å². The summed E-state index contributed by atoms with van der Waals surface area (Å²) in [7, 11) is 0. The Morgan fingerprint density at radius 2 is 1.70 bits per heavy atom. The Balaban J connectivity index is 0.00000172. The summed E-state index contributed by atoms with van der Waals surface area (Å²) in [5.41, 5.74) is 1.77. The smallest absolute Gasteiger partial charge is 0.251 e. The van der Waals surface area contributed by atoms with Crippen molar-refractivity contribution in [1.29, 1.82) is 0 Å². The molecule has 0 atom stereocenters. The highest BCUT2D eigenvalue weighted by Crippen LogP contribution is 2.10. The number of nitrogens with one attached hydrogen (secondary N) is 2. The van der Waals surface area contributed by atoms with E-state index in [1.54, 1.807) is 0 Å². The predicted octanol–water partition coefficient (Wildman–Crippen LogP) is 4.45. The molecule has 0 spiro atoms. The van der Waals surface area contributed by atoms with Gasteiger partial charge in [0.25, 0.3) is 5.91 Å². The van der Waals surface area contributed by atoms with Gasteiger partial charge >= 0.3 is 0 Å². The molecule has 0 fully saturated rings. The van der Waals surface area contributed by atoms with Crippen LogP contribution in [0.5, 0.6) is 0 Å². The second-order valence-corrected chi connectivity index (χ2v) is 4.84. The predicted molar refractivity (Wildman–Crippen MR) is 88.4 cm³/mol. The first-order valence-corrected chi connectivity index (χ1v) is 7.78. The van der Waals surface area contributed by atoms with Crippen molar-refractivity contribution in [1.82, 2.24) is 5.32 Å². The minimum absolute atomic E-state index is 0.0159. The molecule has 3 heteroatoms. The van der Waals surface area contributed by atoms with E-state index >= 15 is 0 Å². The standard InChI is InChI=1S/C15H24N2O.C2H6/c1-4-5-6-11-16-15(18)13-7-9-14(10-8-13)17-12(2)3;1-2/h7-10,12,17H,4-6,11H2,1-3H3,(H,16,18);1-2H3. The molecule has 1 aromatic carbocycles. The average Bonchev–Trinajstić information content (AvgIpc) is 2.46. The van der Waals surface area contributed by atoms with Crippen molar-refractivity contribution >= 4 is 11.6 Å². The van der Waals surface area contributed by atoms with E-state index in [1.165, 1.54) is 6.42 Å². The van der Waals surface area contributed by atoms with Gasteiger partial charge in [-0.1, -0.05) is 33.6 Å². The topological polar surface area (TPSA) is 41.1 Å². The minimum Gasteiger partial charge on any atom is -0.383 e. The third kappa shape index (κ3) is 7.82. The fourth-order valence-electron chi connectivity index (χ4n) is 1.73. The summed E-state index contributed by atoms with van der Waals surface area (Å²) in [6.45, 7) is 11.1. The molecule has 0 aromatic heterocycles. The molecule has 0 aliphatic heterocycles. The van der Waals surface area contributed by atoms with E-state index in [1.807, 2.05) is 38.1 Å². The number of hydrogen-bond acceptors (Lipinski definition) is 2. The Morgan fingerprint density at radius 3 is 2.20 bits per heavy atom. The van der Waals surface area contributed by atoms with Crippen LogP contribution in [0, 0.1) is 0 Å². The maximum Gasteiger partial charge on any atom is 0.251 e. The number of amides is 1. The van der Waals surface area contributed by atoms with Crippen molar-refractivity contribution in [2.75, 3.05) is 11.9 Å². The first-order valence-electron chi connectivity index (χ1n) is 7.78. The maximum atomic E-state index is 11.8. The molecular formula is C17H30N2O. The van der Waals surface area contributed by atoms with Crippen molar-refractivity contribution in [3.8, 4) is 0 Å². The number of carbonyl (C=O) groups excluding carboxylic acids is 1. The molecule has 1 aromatic rings. The molecule has 0 aliphatic rings. The molecule has 1 amide bonds. The molecule has 0 unspecified atom stereocenters.